The molecule has 0 bridgehead atoms. The first kappa shape index (κ1) is 16.5. The summed E-state index contributed by atoms with van der Waals surface area (Å²) >= 11 is 0. The zero-order valence-corrected chi connectivity index (χ0v) is 15.3. The molecular formula is C21H22N2O3. The Kier molecular flexibility index (Phi) is 4.07. The number of hydrogen-bond acceptors (Lipinski definition) is 3. The number of rotatable bonds is 3. The fourth-order valence-corrected chi connectivity index (χ4v) is 3.72. The standard InChI is InChI=1S/C21H22N2O3/c1-13-7-8-16-14(11-13)15-12-23(10-9-17(15)22-16)21(24)20-18(25-2)5-4-6-19(20)26-3/h4-8,11,22H,9-10,12H2,1-3H3. The Labute approximate surface area is 152 Å². The molecule has 5 nitrogen and oxygen atoms in total. The van der Waals surface area contributed by atoms with Crippen molar-refractivity contribution in [3.05, 3.63) is 58.8 Å². The molecular weight excluding hydrogens is 328 g/mol. The van der Waals surface area contributed by atoms with Crippen LogP contribution >= 0.6 is 0 Å². The second-order valence-corrected chi connectivity index (χ2v) is 6.65. The summed E-state index contributed by atoms with van der Waals surface area (Å²) in [6, 6.07) is 11.8. The predicted octanol–water partition coefficient (Wildman–Crippen LogP) is 3.69. The van der Waals surface area contributed by atoms with Gasteiger partial charge < -0.3 is 19.4 Å². The third kappa shape index (κ3) is 2.60. The van der Waals surface area contributed by atoms with Crippen molar-refractivity contribution in [1.29, 1.82) is 0 Å². The number of fused-ring (bicyclic) bond motifs is 3. The number of carbonyl (C=O) groups is 1. The maximum absolute atomic E-state index is 13.2. The molecule has 0 atom stereocenters. The number of aromatic amines is 1. The van der Waals surface area contributed by atoms with Crippen molar-refractivity contribution in [2.24, 2.45) is 0 Å². The van der Waals surface area contributed by atoms with Crippen molar-refractivity contribution >= 4 is 16.8 Å². The normalized spacial score (nSPS) is 13.6. The van der Waals surface area contributed by atoms with Crippen LogP contribution in [0.4, 0.5) is 0 Å². The lowest BCUT2D eigenvalue weighted by atomic mass is 10.0. The second kappa shape index (κ2) is 6.41. The average molecular weight is 350 g/mol. The molecule has 26 heavy (non-hydrogen) atoms. The van der Waals surface area contributed by atoms with E-state index in [2.05, 4.69) is 30.1 Å². The molecule has 0 saturated heterocycles. The molecule has 4 rings (SSSR count). The van der Waals surface area contributed by atoms with Gasteiger partial charge in [-0.15, -0.1) is 0 Å². The Morgan fingerprint density at radius 2 is 1.85 bits per heavy atom. The van der Waals surface area contributed by atoms with Crippen LogP contribution in [0.15, 0.2) is 36.4 Å². The molecule has 2 aromatic carbocycles. The molecule has 5 heteroatoms. The highest BCUT2D eigenvalue weighted by atomic mass is 16.5. The van der Waals surface area contributed by atoms with Gasteiger partial charge in [0.2, 0.25) is 0 Å². The van der Waals surface area contributed by atoms with Crippen molar-refractivity contribution in [1.82, 2.24) is 9.88 Å². The number of amides is 1. The number of aryl methyl sites for hydroxylation is 1. The van der Waals surface area contributed by atoms with Gasteiger partial charge in [0.05, 0.1) is 14.2 Å². The molecule has 0 saturated carbocycles. The van der Waals surface area contributed by atoms with Gasteiger partial charge in [-0.2, -0.15) is 0 Å². The molecule has 3 aromatic rings. The van der Waals surface area contributed by atoms with Crippen molar-refractivity contribution < 1.29 is 14.3 Å². The summed E-state index contributed by atoms with van der Waals surface area (Å²) in [5.74, 6) is 1.01. The van der Waals surface area contributed by atoms with Crippen LogP contribution in [0.3, 0.4) is 0 Å². The van der Waals surface area contributed by atoms with Gasteiger partial charge in [0.1, 0.15) is 17.1 Å². The molecule has 0 spiro atoms. The number of carbonyl (C=O) groups excluding carboxylic acids is 1. The van der Waals surface area contributed by atoms with Crippen LogP contribution in [0, 0.1) is 6.92 Å². The summed E-state index contributed by atoms with van der Waals surface area (Å²) < 4.78 is 10.8. The highest BCUT2D eigenvalue weighted by molar-refractivity contribution is 6.00. The van der Waals surface area contributed by atoms with Gasteiger partial charge in [-0.1, -0.05) is 17.7 Å². The number of hydrogen-bond donors (Lipinski definition) is 1. The molecule has 2 heterocycles. The third-order valence-corrected chi connectivity index (χ3v) is 5.06. The van der Waals surface area contributed by atoms with Crippen molar-refractivity contribution in [2.75, 3.05) is 20.8 Å². The fourth-order valence-electron chi connectivity index (χ4n) is 3.72. The molecule has 1 aromatic heterocycles. The van der Waals surface area contributed by atoms with Crippen LogP contribution in [-0.4, -0.2) is 36.6 Å². The van der Waals surface area contributed by atoms with E-state index in [1.807, 2.05) is 11.0 Å². The number of nitrogens with zero attached hydrogens (tertiary/aromatic N) is 1. The van der Waals surface area contributed by atoms with E-state index in [1.165, 1.54) is 22.2 Å². The lowest BCUT2D eigenvalue weighted by Gasteiger charge is -2.28. The molecule has 1 aliphatic heterocycles. The van der Waals surface area contributed by atoms with Crippen molar-refractivity contribution in [3.63, 3.8) is 0 Å². The Balaban J connectivity index is 1.72. The van der Waals surface area contributed by atoms with Gasteiger partial charge in [-0.3, -0.25) is 4.79 Å². The third-order valence-electron chi connectivity index (χ3n) is 5.06. The van der Waals surface area contributed by atoms with Crippen molar-refractivity contribution in [3.8, 4) is 11.5 Å². The first-order chi connectivity index (χ1) is 12.6. The van der Waals surface area contributed by atoms with E-state index >= 15 is 0 Å². The maximum atomic E-state index is 13.2. The second-order valence-electron chi connectivity index (χ2n) is 6.65. The minimum atomic E-state index is -0.0630. The molecule has 0 aliphatic carbocycles. The maximum Gasteiger partial charge on any atom is 0.261 e. The predicted molar refractivity (Wildman–Crippen MR) is 101 cm³/mol. The van der Waals surface area contributed by atoms with Gasteiger partial charge in [0.15, 0.2) is 0 Å². The Morgan fingerprint density at radius 1 is 1.12 bits per heavy atom. The number of aromatic nitrogens is 1. The van der Waals surface area contributed by atoms with Gasteiger partial charge in [-0.25, -0.2) is 0 Å². The smallest absolute Gasteiger partial charge is 0.261 e. The fraction of sp³-hybridized carbons (Fsp3) is 0.286. The van der Waals surface area contributed by atoms with Gasteiger partial charge in [0.25, 0.3) is 5.91 Å². The number of ether oxygens (including phenoxy) is 2. The molecule has 1 amide bonds. The zero-order valence-electron chi connectivity index (χ0n) is 15.3. The summed E-state index contributed by atoms with van der Waals surface area (Å²) in [6.45, 7) is 3.34. The van der Waals surface area contributed by atoms with E-state index in [4.69, 9.17) is 9.47 Å². The van der Waals surface area contributed by atoms with Crippen LogP contribution in [0.5, 0.6) is 11.5 Å². The Bertz CT molecular complexity index is 968. The van der Waals surface area contributed by atoms with Gasteiger partial charge in [-0.05, 0) is 31.2 Å². The highest BCUT2D eigenvalue weighted by Crippen LogP contribution is 2.33. The molecule has 1 aliphatic rings. The highest BCUT2D eigenvalue weighted by Gasteiger charge is 2.28. The first-order valence-electron chi connectivity index (χ1n) is 8.72. The SMILES string of the molecule is COc1cccc(OC)c1C(=O)N1CCc2[nH]c3ccc(C)cc3c2C1. The largest absolute Gasteiger partial charge is 0.496 e. The van der Waals surface area contributed by atoms with Crippen LogP contribution in [0.1, 0.15) is 27.2 Å². The minimum absolute atomic E-state index is 0.0630. The lowest BCUT2D eigenvalue weighted by Crippen LogP contribution is -2.36. The molecule has 0 fully saturated rings. The van der Waals surface area contributed by atoms with E-state index in [1.54, 1.807) is 26.4 Å². The summed E-state index contributed by atoms with van der Waals surface area (Å²) in [6.07, 6.45) is 0.812. The summed E-state index contributed by atoms with van der Waals surface area (Å²) in [7, 11) is 3.14. The molecule has 0 unspecified atom stereocenters. The van der Waals surface area contributed by atoms with E-state index < -0.39 is 0 Å². The van der Waals surface area contributed by atoms with Crippen LogP contribution in [0.25, 0.3) is 10.9 Å². The van der Waals surface area contributed by atoms with Gasteiger partial charge >= 0.3 is 0 Å². The number of H-pyrrole nitrogens is 1. The van der Waals surface area contributed by atoms with Gasteiger partial charge in [0, 0.05) is 41.7 Å². The number of nitrogens with one attached hydrogen (secondary N) is 1. The number of benzene rings is 2. The average Bonchev–Trinajstić information content (AvgIpc) is 3.03. The van der Waals surface area contributed by atoms with Crippen LogP contribution in [0.2, 0.25) is 0 Å². The number of methoxy groups -OCH3 is 2. The topological polar surface area (TPSA) is 54.6 Å². The van der Waals surface area contributed by atoms with Crippen LogP contribution < -0.4 is 9.47 Å². The van der Waals surface area contributed by atoms with E-state index in [0.29, 0.717) is 30.2 Å². The van der Waals surface area contributed by atoms with E-state index in [-0.39, 0.29) is 5.91 Å². The van der Waals surface area contributed by atoms with E-state index in [9.17, 15) is 4.79 Å². The van der Waals surface area contributed by atoms with Crippen molar-refractivity contribution in [2.45, 2.75) is 19.9 Å². The Hall–Kier alpha value is -2.95. The molecule has 1 N–H and O–H groups in total. The molecule has 134 valence electrons. The lowest BCUT2D eigenvalue weighted by molar-refractivity contribution is 0.0728. The monoisotopic (exact) mass is 350 g/mol. The zero-order chi connectivity index (χ0) is 18.3. The Morgan fingerprint density at radius 3 is 2.54 bits per heavy atom. The summed E-state index contributed by atoms with van der Waals surface area (Å²) in [5, 5.41) is 1.20. The minimum Gasteiger partial charge on any atom is -0.496 e. The first-order valence-corrected chi connectivity index (χ1v) is 8.72. The van der Waals surface area contributed by atoms with E-state index in [0.717, 1.165) is 11.9 Å². The summed E-state index contributed by atoms with van der Waals surface area (Å²) in [5.41, 5.74) is 5.26. The quantitative estimate of drug-likeness (QED) is 0.784. The summed E-state index contributed by atoms with van der Waals surface area (Å²) in [4.78, 5) is 18.6. The molecule has 0 radical (unpaired) electrons. The van der Waals surface area contributed by atoms with Crippen LogP contribution in [-0.2, 0) is 13.0 Å².